The summed E-state index contributed by atoms with van der Waals surface area (Å²) in [5.74, 6) is 1.14. The zero-order valence-electron chi connectivity index (χ0n) is 11.8. The Morgan fingerprint density at radius 3 is 3.11 bits per heavy atom. The molecule has 3 rings (SSSR count). The number of rotatable bonds is 3. The van der Waals surface area contributed by atoms with Gasteiger partial charge in [-0.1, -0.05) is 13.8 Å². The molecular formula is C15H21N3O. The van der Waals surface area contributed by atoms with Crippen molar-refractivity contribution in [1.29, 1.82) is 0 Å². The Morgan fingerprint density at radius 2 is 2.37 bits per heavy atom. The van der Waals surface area contributed by atoms with Crippen LogP contribution in [0.1, 0.15) is 43.2 Å². The zero-order valence-corrected chi connectivity index (χ0v) is 11.8. The van der Waals surface area contributed by atoms with Crippen LogP contribution < -0.4 is 5.32 Å². The van der Waals surface area contributed by atoms with Crippen LogP contribution in [-0.4, -0.2) is 9.78 Å². The molecule has 4 heteroatoms. The van der Waals surface area contributed by atoms with Crippen molar-refractivity contribution in [2.75, 3.05) is 0 Å². The molecule has 2 aromatic rings. The van der Waals surface area contributed by atoms with Gasteiger partial charge in [0.05, 0.1) is 12.5 Å². The minimum atomic E-state index is 0.289. The first-order valence-corrected chi connectivity index (χ1v) is 6.81. The van der Waals surface area contributed by atoms with Crippen molar-refractivity contribution in [2.45, 2.75) is 39.3 Å². The van der Waals surface area contributed by atoms with Crippen LogP contribution >= 0.6 is 0 Å². The Balaban J connectivity index is 1.74. The van der Waals surface area contributed by atoms with Crippen molar-refractivity contribution in [3.05, 3.63) is 41.6 Å². The summed E-state index contributed by atoms with van der Waals surface area (Å²) in [6, 6.07) is 2.48. The normalized spacial score (nSPS) is 21.3. The molecule has 1 N–H and O–H groups in total. The summed E-state index contributed by atoms with van der Waals surface area (Å²) < 4.78 is 7.46. The number of aromatic nitrogens is 2. The molecule has 0 saturated heterocycles. The maximum Gasteiger partial charge on any atom is 0.109 e. The fourth-order valence-electron chi connectivity index (χ4n) is 2.96. The van der Waals surface area contributed by atoms with E-state index in [1.54, 1.807) is 0 Å². The predicted molar refractivity (Wildman–Crippen MR) is 73.6 cm³/mol. The predicted octanol–water partition coefficient (Wildman–Crippen LogP) is 2.82. The average Bonchev–Trinajstić information content (AvgIpc) is 2.93. The molecular weight excluding hydrogens is 238 g/mol. The van der Waals surface area contributed by atoms with Gasteiger partial charge in [-0.3, -0.25) is 4.68 Å². The Bertz CT molecular complexity index is 567. The Hall–Kier alpha value is -1.55. The number of furan rings is 1. The van der Waals surface area contributed by atoms with Crippen LogP contribution in [0.15, 0.2) is 29.1 Å². The highest BCUT2D eigenvalue weighted by molar-refractivity contribution is 5.26. The molecule has 0 fully saturated rings. The number of fused-ring (bicyclic) bond motifs is 1. The van der Waals surface area contributed by atoms with E-state index in [1.165, 1.54) is 11.1 Å². The van der Waals surface area contributed by atoms with Crippen molar-refractivity contribution >= 4 is 0 Å². The van der Waals surface area contributed by atoms with E-state index in [-0.39, 0.29) is 5.41 Å². The highest BCUT2D eigenvalue weighted by atomic mass is 16.3. The molecule has 1 aliphatic carbocycles. The summed E-state index contributed by atoms with van der Waals surface area (Å²) in [5.41, 5.74) is 2.83. The lowest BCUT2D eigenvalue weighted by Gasteiger charge is -2.34. The van der Waals surface area contributed by atoms with Gasteiger partial charge >= 0.3 is 0 Å². The van der Waals surface area contributed by atoms with Crippen molar-refractivity contribution < 1.29 is 4.42 Å². The van der Waals surface area contributed by atoms with Gasteiger partial charge in [-0.05, 0) is 17.9 Å². The Morgan fingerprint density at radius 1 is 1.53 bits per heavy atom. The van der Waals surface area contributed by atoms with Gasteiger partial charge in [0, 0.05) is 43.4 Å². The lowest BCUT2D eigenvalue weighted by molar-refractivity contribution is 0.235. The standard InChI is InChI=1S/C15H21N3O/c1-15(2)6-13(12-4-5-19-14(12)7-15)16-8-11-9-17-18(3)10-11/h4-5,9-10,13,16H,6-8H2,1-3H3. The number of hydrogen-bond acceptors (Lipinski definition) is 3. The smallest absolute Gasteiger partial charge is 0.109 e. The van der Waals surface area contributed by atoms with E-state index in [1.807, 2.05) is 24.2 Å². The molecule has 2 aromatic heterocycles. The second-order valence-corrected chi connectivity index (χ2v) is 6.30. The summed E-state index contributed by atoms with van der Waals surface area (Å²) >= 11 is 0. The van der Waals surface area contributed by atoms with Crippen molar-refractivity contribution in [1.82, 2.24) is 15.1 Å². The molecule has 1 atom stereocenters. The van der Waals surface area contributed by atoms with Crippen LogP contribution in [0.3, 0.4) is 0 Å². The molecule has 1 aliphatic rings. The van der Waals surface area contributed by atoms with Gasteiger partial charge in [-0.2, -0.15) is 5.10 Å². The summed E-state index contributed by atoms with van der Waals surface area (Å²) in [4.78, 5) is 0. The van der Waals surface area contributed by atoms with Crippen LogP contribution in [0.5, 0.6) is 0 Å². The molecule has 0 aromatic carbocycles. The molecule has 1 unspecified atom stereocenters. The monoisotopic (exact) mass is 259 g/mol. The Kier molecular flexibility index (Phi) is 2.97. The highest BCUT2D eigenvalue weighted by Crippen LogP contribution is 2.41. The van der Waals surface area contributed by atoms with Gasteiger partial charge in [0.25, 0.3) is 0 Å². The minimum absolute atomic E-state index is 0.289. The van der Waals surface area contributed by atoms with Gasteiger partial charge < -0.3 is 9.73 Å². The van der Waals surface area contributed by atoms with Gasteiger partial charge in [0.15, 0.2) is 0 Å². The third-order valence-corrected chi connectivity index (χ3v) is 3.86. The maximum absolute atomic E-state index is 5.62. The van der Waals surface area contributed by atoms with E-state index in [0.29, 0.717) is 6.04 Å². The second kappa shape index (κ2) is 4.53. The summed E-state index contributed by atoms with van der Waals surface area (Å²) in [5, 5.41) is 7.84. The topological polar surface area (TPSA) is 43.0 Å². The quantitative estimate of drug-likeness (QED) is 0.921. The van der Waals surface area contributed by atoms with Crippen molar-refractivity contribution in [2.24, 2.45) is 12.5 Å². The number of nitrogens with zero attached hydrogens (tertiary/aromatic N) is 2. The van der Waals surface area contributed by atoms with Gasteiger partial charge in [0.1, 0.15) is 5.76 Å². The van der Waals surface area contributed by atoms with Gasteiger partial charge in [0.2, 0.25) is 0 Å². The minimum Gasteiger partial charge on any atom is -0.469 e. The fraction of sp³-hybridized carbons (Fsp3) is 0.533. The molecule has 0 bridgehead atoms. The lowest BCUT2D eigenvalue weighted by atomic mass is 9.75. The molecule has 19 heavy (non-hydrogen) atoms. The van der Waals surface area contributed by atoms with E-state index >= 15 is 0 Å². The molecule has 102 valence electrons. The Labute approximate surface area is 113 Å². The van der Waals surface area contributed by atoms with Crippen LogP contribution in [-0.2, 0) is 20.0 Å². The first-order chi connectivity index (χ1) is 9.03. The second-order valence-electron chi connectivity index (χ2n) is 6.30. The molecule has 0 radical (unpaired) electrons. The van der Waals surface area contributed by atoms with E-state index < -0.39 is 0 Å². The first-order valence-electron chi connectivity index (χ1n) is 6.81. The lowest BCUT2D eigenvalue weighted by Crippen LogP contribution is -2.32. The molecule has 0 saturated carbocycles. The van der Waals surface area contributed by atoms with Crippen molar-refractivity contribution in [3.8, 4) is 0 Å². The van der Waals surface area contributed by atoms with Crippen LogP contribution in [0.4, 0.5) is 0 Å². The number of nitrogens with one attached hydrogen (secondary N) is 1. The largest absolute Gasteiger partial charge is 0.469 e. The fourth-order valence-corrected chi connectivity index (χ4v) is 2.96. The number of hydrogen-bond donors (Lipinski definition) is 1. The van der Waals surface area contributed by atoms with Gasteiger partial charge in [-0.25, -0.2) is 0 Å². The van der Waals surface area contributed by atoms with Crippen molar-refractivity contribution in [3.63, 3.8) is 0 Å². The first kappa shape index (κ1) is 12.5. The van der Waals surface area contributed by atoms with E-state index in [4.69, 9.17) is 4.42 Å². The van der Waals surface area contributed by atoms with Crippen LogP contribution in [0.25, 0.3) is 0 Å². The summed E-state index contributed by atoms with van der Waals surface area (Å²) in [7, 11) is 1.95. The summed E-state index contributed by atoms with van der Waals surface area (Å²) in [6.07, 6.45) is 7.94. The zero-order chi connectivity index (χ0) is 13.5. The molecule has 4 nitrogen and oxygen atoms in total. The molecule has 2 heterocycles. The van der Waals surface area contributed by atoms with Crippen LogP contribution in [0.2, 0.25) is 0 Å². The van der Waals surface area contributed by atoms with Crippen LogP contribution in [0, 0.1) is 5.41 Å². The third-order valence-electron chi connectivity index (χ3n) is 3.86. The molecule has 0 spiro atoms. The maximum atomic E-state index is 5.62. The van der Waals surface area contributed by atoms with E-state index in [9.17, 15) is 0 Å². The van der Waals surface area contributed by atoms with E-state index in [0.717, 1.165) is 25.1 Å². The molecule has 0 aliphatic heterocycles. The average molecular weight is 259 g/mol. The number of aryl methyl sites for hydroxylation is 1. The third kappa shape index (κ3) is 2.59. The molecule has 0 amide bonds. The SMILES string of the molecule is Cn1cc(CNC2CC(C)(C)Cc3occc32)cn1. The highest BCUT2D eigenvalue weighted by Gasteiger charge is 2.33. The summed E-state index contributed by atoms with van der Waals surface area (Å²) in [6.45, 7) is 5.45. The van der Waals surface area contributed by atoms with Gasteiger partial charge in [-0.15, -0.1) is 0 Å². The van der Waals surface area contributed by atoms with E-state index in [2.05, 4.69) is 36.5 Å².